The van der Waals surface area contributed by atoms with Gasteiger partial charge in [0.2, 0.25) is 5.95 Å². The molecule has 0 amide bonds. The van der Waals surface area contributed by atoms with E-state index in [1.807, 2.05) is 0 Å². The number of anilines is 1. The van der Waals surface area contributed by atoms with Gasteiger partial charge in [-0.05, 0) is 24.6 Å². The van der Waals surface area contributed by atoms with Crippen LogP contribution in [0.5, 0.6) is 5.75 Å². The van der Waals surface area contributed by atoms with Gasteiger partial charge in [0, 0.05) is 0 Å². The minimum Gasteiger partial charge on any atom is -0.406 e. The number of hydrogen-bond acceptors (Lipinski definition) is 4. The highest BCUT2D eigenvalue weighted by Crippen LogP contribution is 2.22. The van der Waals surface area contributed by atoms with Crippen molar-refractivity contribution in [3.05, 3.63) is 41.7 Å². The summed E-state index contributed by atoms with van der Waals surface area (Å²) >= 11 is 0. The zero-order valence-corrected chi connectivity index (χ0v) is 10.4. The summed E-state index contributed by atoms with van der Waals surface area (Å²) in [4.78, 5) is 3.94. The van der Waals surface area contributed by atoms with Crippen LogP contribution in [0.1, 0.15) is 11.3 Å². The van der Waals surface area contributed by atoms with Crippen LogP contribution in [0.15, 0.2) is 35.6 Å². The van der Waals surface area contributed by atoms with Crippen LogP contribution in [0.3, 0.4) is 0 Å². The van der Waals surface area contributed by atoms with Crippen LogP contribution in [-0.4, -0.2) is 22.2 Å². The van der Waals surface area contributed by atoms with Gasteiger partial charge in [0.05, 0.1) is 18.1 Å². The van der Waals surface area contributed by atoms with Crippen LogP contribution >= 0.6 is 0 Å². The number of imidazole rings is 1. The average molecular weight is 284 g/mol. The van der Waals surface area contributed by atoms with Gasteiger partial charge in [0.15, 0.2) is 0 Å². The largest absolute Gasteiger partial charge is 0.573 e. The van der Waals surface area contributed by atoms with E-state index in [2.05, 4.69) is 14.8 Å². The van der Waals surface area contributed by atoms with E-state index in [9.17, 15) is 13.2 Å². The van der Waals surface area contributed by atoms with Gasteiger partial charge in [0.1, 0.15) is 5.75 Å². The molecule has 2 N–H and O–H groups in total. The first-order valence-corrected chi connectivity index (χ1v) is 5.55. The standard InChI is InChI=1S/C12H11F3N4O/c1-8-7-19(11(16)18-8)17-6-9-3-2-4-10(5-9)20-12(13,14)15/h2-7H,1H3,(H2,16,18). The Morgan fingerprint density at radius 3 is 2.75 bits per heavy atom. The lowest BCUT2D eigenvalue weighted by atomic mass is 10.2. The fourth-order valence-corrected chi connectivity index (χ4v) is 1.52. The summed E-state index contributed by atoms with van der Waals surface area (Å²) in [5.41, 5.74) is 6.71. The molecule has 0 aliphatic heterocycles. The molecule has 106 valence electrons. The Balaban J connectivity index is 2.17. The fourth-order valence-electron chi connectivity index (χ4n) is 1.52. The molecule has 5 nitrogen and oxygen atoms in total. The molecule has 0 unspecified atom stereocenters. The molecular weight excluding hydrogens is 273 g/mol. The summed E-state index contributed by atoms with van der Waals surface area (Å²) in [6.07, 6.45) is -1.76. The Labute approximate surface area is 112 Å². The number of halogens is 3. The lowest BCUT2D eigenvalue weighted by Crippen LogP contribution is -2.17. The van der Waals surface area contributed by atoms with E-state index in [-0.39, 0.29) is 11.7 Å². The lowest BCUT2D eigenvalue weighted by molar-refractivity contribution is -0.274. The van der Waals surface area contributed by atoms with Gasteiger partial charge in [-0.3, -0.25) is 0 Å². The number of rotatable bonds is 3. The third-order valence-electron chi connectivity index (χ3n) is 2.26. The SMILES string of the molecule is Cc1cn(N=Cc2cccc(OC(F)(F)F)c2)c(N)n1. The summed E-state index contributed by atoms with van der Waals surface area (Å²) in [6.45, 7) is 1.75. The molecule has 0 aliphatic carbocycles. The predicted molar refractivity (Wildman–Crippen MR) is 67.5 cm³/mol. The van der Waals surface area contributed by atoms with Gasteiger partial charge >= 0.3 is 6.36 Å². The lowest BCUT2D eigenvalue weighted by Gasteiger charge is -2.08. The Hall–Kier alpha value is -2.51. The molecule has 1 aromatic carbocycles. The molecule has 2 aromatic rings. The van der Waals surface area contributed by atoms with E-state index < -0.39 is 6.36 Å². The van der Waals surface area contributed by atoms with Gasteiger partial charge in [-0.2, -0.15) is 5.10 Å². The summed E-state index contributed by atoms with van der Waals surface area (Å²) in [5, 5.41) is 4.00. The number of nitrogen functional groups attached to an aromatic ring is 1. The third kappa shape index (κ3) is 3.74. The van der Waals surface area contributed by atoms with Gasteiger partial charge < -0.3 is 10.5 Å². The minimum atomic E-state index is -4.72. The van der Waals surface area contributed by atoms with Crippen molar-refractivity contribution in [1.82, 2.24) is 9.66 Å². The second kappa shape index (κ2) is 5.24. The highest BCUT2D eigenvalue weighted by atomic mass is 19.4. The van der Waals surface area contributed by atoms with Crippen molar-refractivity contribution in [1.29, 1.82) is 0 Å². The summed E-state index contributed by atoms with van der Waals surface area (Å²) in [7, 11) is 0. The zero-order valence-electron chi connectivity index (χ0n) is 10.4. The van der Waals surface area contributed by atoms with Crippen molar-refractivity contribution in [2.24, 2.45) is 5.10 Å². The normalized spacial score (nSPS) is 12.0. The maximum Gasteiger partial charge on any atom is 0.573 e. The van der Waals surface area contributed by atoms with Crippen LogP contribution < -0.4 is 10.5 Å². The Morgan fingerprint density at radius 1 is 1.40 bits per heavy atom. The van der Waals surface area contributed by atoms with Crippen molar-refractivity contribution in [3.8, 4) is 5.75 Å². The van der Waals surface area contributed by atoms with Gasteiger partial charge in [-0.25, -0.2) is 9.66 Å². The maximum atomic E-state index is 12.1. The van der Waals surface area contributed by atoms with E-state index in [4.69, 9.17) is 5.73 Å². The molecule has 1 heterocycles. The number of alkyl halides is 3. The average Bonchev–Trinajstić information content (AvgIpc) is 2.63. The number of benzene rings is 1. The summed E-state index contributed by atoms with van der Waals surface area (Å²) in [6, 6.07) is 5.45. The van der Waals surface area contributed by atoms with E-state index >= 15 is 0 Å². The highest BCUT2D eigenvalue weighted by Gasteiger charge is 2.31. The Bertz CT molecular complexity index is 634. The molecule has 20 heavy (non-hydrogen) atoms. The van der Waals surface area contributed by atoms with Crippen molar-refractivity contribution in [3.63, 3.8) is 0 Å². The van der Waals surface area contributed by atoms with Gasteiger partial charge in [-0.1, -0.05) is 12.1 Å². The second-order valence-corrected chi connectivity index (χ2v) is 3.95. The summed E-state index contributed by atoms with van der Waals surface area (Å²) in [5.74, 6) is -0.113. The molecule has 0 aliphatic rings. The van der Waals surface area contributed by atoms with Crippen LogP contribution in [0, 0.1) is 6.92 Å². The monoisotopic (exact) mass is 284 g/mol. The van der Waals surface area contributed by atoms with Crippen molar-refractivity contribution in [2.75, 3.05) is 5.73 Å². The van der Waals surface area contributed by atoms with E-state index in [0.29, 0.717) is 11.3 Å². The second-order valence-electron chi connectivity index (χ2n) is 3.95. The first-order chi connectivity index (χ1) is 9.33. The number of aromatic nitrogens is 2. The molecule has 0 bridgehead atoms. The molecule has 2 rings (SSSR count). The quantitative estimate of drug-likeness (QED) is 0.881. The predicted octanol–water partition coefficient (Wildman–Crippen LogP) is 2.55. The fraction of sp³-hybridized carbons (Fsp3) is 0.167. The summed E-state index contributed by atoms with van der Waals surface area (Å²) < 4.78 is 41.4. The first-order valence-electron chi connectivity index (χ1n) is 5.55. The van der Waals surface area contributed by atoms with E-state index in [1.165, 1.54) is 29.1 Å². The molecule has 1 aromatic heterocycles. The number of nitrogens with two attached hydrogens (primary N) is 1. The van der Waals surface area contributed by atoms with Crippen LogP contribution in [-0.2, 0) is 0 Å². The molecular formula is C12H11F3N4O. The number of nitrogens with zero attached hydrogens (tertiary/aromatic N) is 3. The van der Waals surface area contributed by atoms with Gasteiger partial charge in [0.25, 0.3) is 0 Å². The topological polar surface area (TPSA) is 65.4 Å². The van der Waals surface area contributed by atoms with E-state index in [0.717, 1.165) is 0 Å². The number of hydrogen-bond donors (Lipinski definition) is 1. The highest BCUT2D eigenvalue weighted by molar-refractivity contribution is 5.80. The smallest absolute Gasteiger partial charge is 0.406 e. The molecule has 0 fully saturated rings. The molecule has 8 heteroatoms. The zero-order chi connectivity index (χ0) is 14.8. The molecule has 0 saturated heterocycles. The van der Waals surface area contributed by atoms with Crippen molar-refractivity contribution >= 4 is 12.2 Å². The van der Waals surface area contributed by atoms with Gasteiger partial charge in [-0.15, -0.1) is 13.2 Å². The molecule has 0 spiro atoms. The molecule has 0 radical (unpaired) electrons. The van der Waals surface area contributed by atoms with Crippen LogP contribution in [0.25, 0.3) is 0 Å². The van der Waals surface area contributed by atoms with Crippen LogP contribution in [0.2, 0.25) is 0 Å². The number of aryl methyl sites for hydroxylation is 1. The Morgan fingerprint density at radius 2 is 2.15 bits per heavy atom. The maximum absolute atomic E-state index is 12.1. The Kier molecular flexibility index (Phi) is 3.64. The van der Waals surface area contributed by atoms with Crippen LogP contribution in [0.4, 0.5) is 19.1 Å². The molecule has 0 atom stereocenters. The minimum absolute atomic E-state index is 0.196. The number of ether oxygens (including phenoxy) is 1. The van der Waals surface area contributed by atoms with Crippen molar-refractivity contribution < 1.29 is 17.9 Å². The third-order valence-corrected chi connectivity index (χ3v) is 2.26. The van der Waals surface area contributed by atoms with Crippen molar-refractivity contribution in [2.45, 2.75) is 13.3 Å². The van der Waals surface area contributed by atoms with E-state index in [1.54, 1.807) is 19.2 Å². The first kappa shape index (κ1) is 13.9. The molecule has 0 saturated carbocycles.